The maximum absolute atomic E-state index is 11.3. The average Bonchev–Trinajstić information content (AvgIpc) is 2.27. The van der Waals surface area contributed by atoms with Crippen LogP contribution in [-0.4, -0.2) is 34.8 Å². The van der Waals surface area contributed by atoms with Crippen molar-refractivity contribution in [1.82, 2.24) is 20.6 Å². The van der Waals surface area contributed by atoms with Gasteiger partial charge >= 0.3 is 6.09 Å². The molecule has 0 aliphatic heterocycles. The van der Waals surface area contributed by atoms with Gasteiger partial charge < -0.3 is 15.4 Å². The molecule has 1 aromatic rings. The highest BCUT2D eigenvalue weighted by Crippen LogP contribution is 2.05. The molecule has 0 aliphatic carbocycles. The van der Waals surface area contributed by atoms with Crippen LogP contribution in [0, 0.1) is 0 Å². The number of hydrogen-bond donors (Lipinski definition) is 2. The van der Waals surface area contributed by atoms with Crippen LogP contribution in [0.2, 0.25) is 0 Å². The van der Waals surface area contributed by atoms with Gasteiger partial charge in [0.05, 0.1) is 5.69 Å². The second kappa shape index (κ2) is 6.90. The molecule has 0 saturated heterocycles. The molecule has 6 nitrogen and oxygen atoms in total. The van der Waals surface area contributed by atoms with E-state index in [0.29, 0.717) is 19.6 Å². The zero-order valence-electron chi connectivity index (χ0n) is 11.1. The molecule has 6 heteroatoms. The lowest BCUT2D eigenvalue weighted by atomic mass is 10.2. The predicted octanol–water partition coefficient (Wildman–Crippen LogP) is 1.09. The first kappa shape index (κ1) is 14.4. The van der Waals surface area contributed by atoms with E-state index in [1.54, 1.807) is 18.6 Å². The van der Waals surface area contributed by atoms with Crippen LogP contribution in [0.3, 0.4) is 0 Å². The number of ether oxygens (including phenoxy) is 1. The van der Waals surface area contributed by atoms with Crippen LogP contribution in [-0.2, 0) is 11.3 Å². The van der Waals surface area contributed by atoms with Crippen molar-refractivity contribution in [3.8, 4) is 0 Å². The van der Waals surface area contributed by atoms with E-state index >= 15 is 0 Å². The predicted molar refractivity (Wildman–Crippen MR) is 68.0 cm³/mol. The van der Waals surface area contributed by atoms with Crippen LogP contribution < -0.4 is 10.6 Å². The Kier molecular flexibility index (Phi) is 5.51. The van der Waals surface area contributed by atoms with Gasteiger partial charge in [-0.05, 0) is 20.8 Å². The molecule has 0 aromatic carbocycles. The fraction of sp³-hybridized carbons (Fsp3) is 0.583. The summed E-state index contributed by atoms with van der Waals surface area (Å²) in [4.78, 5) is 19.4. The summed E-state index contributed by atoms with van der Waals surface area (Å²) in [5, 5.41) is 5.81. The maximum atomic E-state index is 11.3. The molecule has 0 fully saturated rings. The lowest BCUT2D eigenvalue weighted by Crippen LogP contribution is -2.36. The van der Waals surface area contributed by atoms with Crippen molar-refractivity contribution in [2.24, 2.45) is 0 Å². The summed E-state index contributed by atoms with van der Waals surface area (Å²) in [6, 6.07) is 0. The summed E-state index contributed by atoms with van der Waals surface area (Å²) >= 11 is 0. The van der Waals surface area contributed by atoms with Crippen LogP contribution in [0.15, 0.2) is 18.6 Å². The van der Waals surface area contributed by atoms with Crippen molar-refractivity contribution in [3.05, 3.63) is 24.3 Å². The average molecular weight is 252 g/mol. The number of rotatable bonds is 5. The fourth-order valence-electron chi connectivity index (χ4n) is 1.20. The molecular formula is C12H20N4O2. The van der Waals surface area contributed by atoms with Crippen LogP contribution in [0.25, 0.3) is 0 Å². The van der Waals surface area contributed by atoms with E-state index in [1.807, 2.05) is 20.8 Å². The molecule has 100 valence electrons. The molecule has 1 heterocycles. The number of hydrogen-bond acceptors (Lipinski definition) is 5. The third kappa shape index (κ3) is 6.80. The topological polar surface area (TPSA) is 76.1 Å². The molecule has 0 saturated carbocycles. The summed E-state index contributed by atoms with van der Waals surface area (Å²) < 4.78 is 5.10. The summed E-state index contributed by atoms with van der Waals surface area (Å²) in [6.07, 6.45) is 4.58. The first-order chi connectivity index (χ1) is 8.47. The van der Waals surface area contributed by atoms with Crippen LogP contribution in [0.5, 0.6) is 0 Å². The SMILES string of the molecule is CC(C)(C)OC(=O)NCCNCc1cnccn1. The largest absolute Gasteiger partial charge is 0.444 e. The molecule has 2 N–H and O–H groups in total. The summed E-state index contributed by atoms with van der Waals surface area (Å²) in [5.41, 5.74) is 0.409. The third-order valence-corrected chi connectivity index (χ3v) is 1.89. The van der Waals surface area contributed by atoms with Crippen molar-refractivity contribution in [2.75, 3.05) is 13.1 Å². The first-order valence-electron chi connectivity index (χ1n) is 5.90. The minimum atomic E-state index is -0.461. The van der Waals surface area contributed by atoms with Gasteiger partial charge in [0.2, 0.25) is 0 Å². The highest BCUT2D eigenvalue weighted by molar-refractivity contribution is 5.67. The van der Waals surface area contributed by atoms with E-state index in [-0.39, 0.29) is 0 Å². The second-order valence-corrected chi connectivity index (χ2v) is 4.80. The first-order valence-corrected chi connectivity index (χ1v) is 5.90. The molecule has 0 radical (unpaired) electrons. The van der Waals surface area contributed by atoms with Gasteiger partial charge in [-0.2, -0.15) is 0 Å². The standard InChI is InChI=1S/C12H20N4O2/c1-12(2,3)18-11(17)16-7-5-14-9-10-8-13-4-6-15-10/h4,6,8,14H,5,7,9H2,1-3H3,(H,16,17). The zero-order chi connectivity index (χ0) is 13.4. The van der Waals surface area contributed by atoms with Crippen molar-refractivity contribution < 1.29 is 9.53 Å². The maximum Gasteiger partial charge on any atom is 0.407 e. The van der Waals surface area contributed by atoms with Crippen LogP contribution >= 0.6 is 0 Å². The highest BCUT2D eigenvalue weighted by atomic mass is 16.6. The number of carbonyl (C=O) groups is 1. The lowest BCUT2D eigenvalue weighted by molar-refractivity contribution is 0.0528. The fourth-order valence-corrected chi connectivity index (χ4v) is 1.20. The Morgan fingerprint density at radius 1 is 1.33 bits per heavy atom. The zero-order valence-corrected chi connectivity index (χ0v) is 11.1. The van der Waals surface area contributed by atoms with Gasteiger partial charge in [0, 0.05) is 38.2 Å². The minimum absolute atomic E-state index is 0.399. The van der Waals surface area contributed by atoms with Crippen LogP contribution in [0.4, 0.5) is 4.79 Å². The lowest BCUT2D eigenvalue weighted by Gasteiger charge is -2.19. The van der Waals surface area contributed by atoms with E-state index < -0.39 is 11.7 Å². The number of aromatic nitrogens is 2. The highest BCUT2D eigenvalue weighted by Gasteiger charge is 2.15. The second-order valence-electron chi connectivity index (χ2n) is 4.80. The Morgan fingerprint density at radius 3 is 2.72 bits per heavy atom. The number of nitrogens with one attached hydrogen (secondary N) is 2. The van der Waals surface area contributed by atoms with Gasteiger partial charge in [-0.1, -0.05) is 0 Å². The number of alkyl carbamates (subject to hydrolysis) is 1. The van der Waals surface area contributed by atoms with Gasteiger partial charge in [-0.3, -0.25) is 9.97 Å². The molecule has 1 rings (SSSR count). The third-order valence-electron chi connectivity index (χ3n) is 1.89. The van der Waals surface area contributed by atoms with Crippen LogP contribution in [0.1, 0.15) is 26.5 Å². The van der Waals surface area contributed by atoms with Crippen molar-refractivity contribution in [3.63, 3.8) is 0 Å². The Balaban J connectivity index is 2.07. The Bertz CT molecular complexity index is 362. The molecule has 18 heavy (non-hydrogen) atoms. The molecule has 1 aromatic heterocycles. The van der Waals surface area contributed by atoms with Crippen molar-refractivity contribution in [1.29, 1.82) is 0 Å². The Morgan fingerprint density at radius 2 is 2.11 bits per heavy atom. The number of nitrogens with zero attached hydrogens (tertiary/aromatic N) is 2. The molecule has 0 unspecified atom stereocenters. The molecule has 0 bridgehead atoms. The molecule has 0 aliphatic rings. The Labute approximate surface area is 107 Å². The summed E-state index contributed by atoms with van der Waals surface area (Å²) in [6.45, 7) is 7.28. The van der Waals surface area contributed by atoms with E-state index in [9.17, 15) is 4.79 Å². The normalized spacial score (nSPS) is 11.1. The molecule has 1 amide bonds. The quantitative estimate of drug-likeness (QED) is 0.767. The molecule has 0 atom stereocenters. The molecule has 0 spiro atoms. The van der Waals surface area contributed by atoms with Gasteiger partial charge in [0.1, 0.15) is 5.60 Å². The summed E-state index contributed by atoms with van der Waals surface area (Å²) in [7, 11) is 0. The van der Waals surface area contributed by atoms with E-state index in [1.165, 1.54) is 0 Å². The van der Waals surface area contributed by atoms with E-state index in [2.05, 4.69) is 20.6 Å². The van der Waals surface area contributed by atoms with Gasteiger partial charge in [-0.15, -0.1) is 0 Å². The number of amides is 1. The van der Waals surface area contributed by atoms with Gasteiger partial charge in [0.15, 0.2) is 0 Å². The van der Waals surface area contributed by atoms with Gasteiger partial charge in [-0.25, -0.2) is 4.79 Å². The smallest absolute Gasteiger partial charge is 0.407 e. The van der Waals surface area contributed by atoms with Gasteiger partial charge in [0.25, 0.3) is 0 Å². The summed E-state index contributed by atoms with van der Waals surface area (Å²) in [5.74, 6) is 0. The van der Waals surface area contributed by atoms with E-state index in [0.717, 1.165) is 5.69 Å². The van der Waals surface area contributed by atoms with Crippen molar-refractivity contribution in [2.45, 2.75) is 32.9 Å². The van der Waals surface area contributed by atoms with E-state index in [4.69, 9.17) is 4.74 Å². The molecular weight excluding hydrogens is 232 g/mol. The number of carbonyl (C=O) groups excluding carboxylic acids is 1. The van der Waals surface area contributed by atoms with Crippen molar-refractivity contribution >= 4 is 6.09 Å². The Hall–Kier alpha value is -1.69. The minimum Gasteiger partial charge on any atom is -0.444 e. The monoisotopic (exact) mass is 252 g/mol.